The largest absolute Gasteiger partial charge is 0.465 e. The lowest BCUT2D eigenvalue weighted by Crippen LogP contribution is -2.89. The van der Waals surface area contributed by atoms with E-state index in [1.807, 2.05) is 0 Å². The van der Waals surface area contributed by atoms with Crippen LogP contribution in [0.4, 0.5) is 0 Å². The van der Waals surface area contributed by atoms with Crippen LogP contribution in [0, 0.1) is 17.3 Å². The van der Waals surface area contributed by atoms with E-state index in [1.54, 1.807) is 6.92 Å². The fraction of sp³-hybridized carbons (Fsp3) is 0.571. The van der Waals surface area contributed by atoms with Crippen molar-refractivity contribution in [2.45, 2.75) is 122 Å². The molecule has 0 aromatic carbocycles. The molecule has 3 fully saturated rings. The first-order valence-electron chi connectivity index (χ1n) is 19.7. The number of cyclic esters (lactones) is 1. The summed E-state index contributed by atoms with van der Waals surface area (Å²) in [4.78, 5) is 118. The SMILES string of the molecule is CC(=O)OCC12C(OC(C)=O)C(OC(=O)c3cccnc3)C3C(OC(C)=O)C14OC3(C)COC(=O)c1cccnc1C(C)C(C)C(=O)OC(C(OC(C)=O)C2OC(C)=O)C4(C)O. The lowest BCUT2D eigenvalue weighted by atomic mass is 9.45. The molecule has 4 heterocycles. The topological polar surface area (TPSA) is 266 Å². The van der Waals surface area contributed by atoms with Gasteiger partial charge in [0.05, 0.1) is 28.7 Å². The molecule has 2 aliphatic carbocycles. The van der Waals surface area contributed by atoms with Gasteiger partial charge < -0.3 is 47.7 Å². The molecule has 1 N–H and O–H groups in total. The number of carbonyl (C=O) groups is 8. The Bertz CT molecular complexity index is 2160. The zero-order chi connectivity index (χ0) is 45.7. The third-order valence-electron chi connectivity index (χ3n) is 12.3. The highest BCUT2D eigenvalue weighted by atomic mass is 16.7. The van der Waals surface area contributed by atoms with Gasteiger partial charge in [0.2, 0.25) is 0 Å². The van der Waals surface area contributed by atoms with Crippen molar-refractivity contribution in [3.8, 4) is 0 Å². The van der Waals surface area contributed by atoms with Gasteiger partial charge in [-0.1, -0.05) is 13.8 Å². The van der Waals surface area contributed by atoms with Crippen molar-refractivity contribution in [1.29, 1.82) is 0 Å². The Hall–Kier alpha value is -6.02. The van der Waals surface area contributed by atoms with E-state index in [9.17, 15) is 43.5 Å². The van der Waals surface area contributed by atoms with Gasteiger partial charge in [0.15, 0.2) is 30.0 Å². The highest BCUT2D eigenvalue weighted by Crippen LogP contribution is 2.70. The van der Waals surface area contributed by atoms with E-state index in [-0.39, 0.29) is 16.8 Å². The predicted molar refractivity (Wildman–Crippen MR) is 203 cm³/mol. The van der Waals surface area contributed by atoms with Crippen LogP contribution in [-0.2, 0) is 71.4 Å². The summed E-state index contributed by atoms with van der Waals surface area (Å²) in [5, 5.41) is 13.6. The predicted octanol–water partition coefficient (Wildman–Crippen LogP) is 1.72. The summed E-state index contributed by atoms with van der Waals surface area (Å²) in [5.41, 5.74) is -10.5. The first-order chi connectivity index (χ1) is 29.0. The minimum absolute atomic E-state index is 0.0579. The van der Waals surface area contributed by atoms with Gasteiger partial charge in [-0.05, 0) is 38.1 Å². The fourth-order valence-corrected chi connectivity index (χ4v) is 9.73. The van der Waals surface area contributed by atoms with Crippen molar-refractivity contribution in [2.75, 3.05) is 13.2 Å². The molecule has 0 amide bonds. The Morgan fingerprint density at radius 2 is 1.37 bits per heavy atom. The second-order valence-corrected chi connectivity index (χ2v) is 16.4. The number of hydrogen-bond donors (Lipinski definition) is 1. The Morgan fingerprint density at radius 3 is 1.95 bits per heavy atom. The van der Waals surface area contributed by atoms with Crippen molar-refractivity contribution >= 4 is 47.8 Å². The second kappa shape index (κ2) is 16.7. The number of carbonyl (C=O) groups excluding carboxylic acids is 8. The van der Waals surface area contributed by atoms with Gasteiger partial charge in [-0.2, -0.15) is 0 Å². The second-order valence-electron chi connectivity index (χ2n) is 16.4. The molecular weight excluding hydrogens is 820 g/mol. The molecule has 1 spiro atoms. The molecular formula is C42H48N2O18. The van der Waals surface area contributed by atoms with Gasteiger partial charge in [-0.15, -0.1) is 0 Å². The minimum atomic E-state index is -2.86. The molecule has 2 aromatic rings. The van der Waals surface area contributed by atoms with Crippen LogP contribution >= 0.6 is 0 Å². The quantitative estimate of drug-likeness (QED) is 0.292. The van der Waals surface area contributed by atoms with Crippen molar-refractivity contribution in [3.63, 3.8) is 0 Å². The third kappa shape index (κ3) is 7.41. The fourth-order valence-electron chi connectivity index (χ4n) is 9.73. The molecule has 2 aliphatic heterocycles. The van der Waals surface area contributed by atoms with Crippen LogP contribution in [-0.4, -0.2) is 129 Å². The van der Waals surface area contributed by atoms with Crippen LogP contribution in [0.5, 0.6) is 0 Å². The highest BCUT2D eigenvalue weighted by Gasteiger charge is 2.92. The molecule has 62 heavy (non-hydrogen) atoms. The molecule has 1 saturated heterocycles. The maximum absolute atomic E-state index is 14.5. The van der Waals surface area contributed by atoms with E-state index in [2.05, 4.69) is 9.97 Å². The Balaban J connectivity index is 1.80. The number of nitrogens with zero attached hydrogens (tertiary/aromatic N) is 2. The normalized spacial score (nSPS) is 36.0. The number of hydrogen-bond acceptors (Lipinski definition) is 20. The molecule has 13 atom stereocenters. The van der Waals surface area contributed by atoms with Crippen molar-refractivity contribution in [1.82, 2.24) is 9.97 Å². The van der Waals surface area contributed by atoms with Gasteiger partial charge >= 0.3 is 47.8 Å². The van der Waals surface area contributed by atoms with Crippen LogP contribution in [0.3, 0.4) is 0 Å². The van der Waals surface area contributed by atoms with Gasteiger partial charge in [-0.25, -0.2) is 9.59 Å². The van der Waals surface area contributed by atoms with E-state index in [0.29, 0.717) is 0 Å². The molecule has 13 unspecified atom stereocenters. The zero-order valence-corrected chi connectivity index (χ0v) is 35.4. The van der Waals surface area contributed by atoms with Crippen LogP contribution in [0.25, 0.3) is 0 Å². The molecule has 20 heteroatoms. The van der Waals surface area contributed by atoms with Crippen LogP contribution in [0.2, 0.25) is 0 Å². The van der Waals surface area contributed by atoms with E-state index >= 15 is 0 Å². The minimum Gasteiger partial charge on any atom is -0.465 e. The number of pyridine rings is 2. The van der Waals surface area contributed by atoms with Crippen molar-refractivity contribution in [2.24, 2.45) is 17.3 Å². The molecule has 20 nitrogen and oxygen atoms in total. The molecule has 4 bridgehead atoms. The van der Waals surface area contributed by atoms with Gasteiger partial charge in [0, 0.05) is 59.1 Å². The van der Waals surface area contributed by atoms with E-state index in [1.165, 1.54) is 50.5 Å². The number of fused-ring (bicyclic) bond motifs is 5. The third-order valence-corrected chi connectivity index (χ3v) is 12.3. The van der Waals surface area contributed by atoms with E-state index < -0.39 is 138 Å². The maximum Gasteiger partial charge on any atom is 0.340 e. The number of aliphatic hydroxyl groups is 1. The average Bonchev–Trinajstić information content (AvgIpc) is 3.42. The summed E-state index contributed by atoms with van der Waals surface area (Å²) < 4.78 is 55.3. The molecule has 2 aromatic heterocycles. The molecule has 2 saturated carbocycles. The van der Waals surface area contributed by atoms with Crippen LogP contribution in [0.1, 0.15) is 94.6 Å². The smallest absolute Gasteiger partial charge is 0.340 e. The number of esters is 8. The first kappa shape index (κ1) is 45.5. The van der Waals surface area contributed by atoms with Gasteiger partial charge in [0.25, 0.3) is 0 Å². The monoisotopic (exact) mass is 868 g/mol. The Kier molecular flexibility index (Phi) is 12.2. The summed E-state index contributed by atoms with van der Waals surface area (Å²) in [7, 11) is 0. The molecule has 4 aliphatic rings. The summed E-state index contributed by atoms with van der Waals surface area (Å²) in [5.74, 6) is -12.0. The summed E-state index contributed by atoms with van der Waals surface area (Å²) in [6.07, 6.45) is -8.37. The van der Waals surface area contributed by atoms with Crippen LogP contribution in [0.15, 0.2) is 42.9 Å². The first-order valence-corrected chi connectivity index (χ1v) is 19.7. The van der Waals surface area contributed by atoms with Gasteiger partial charge in [0.1, 0.15) is 42.0 Å². The van der Waals surface area contributed by atoms with E-state index in [4.69, 9.17) is 42.6 Å². The van der Waals surface area contributed by atoms with Gasteiger partial charge in [-0.3, -0.25) is 38.7 Å². The molecule has 6 rings (SSSR count). The Labute approximate surface area is 355 Å². The van der Waals surface area contributed by atoms with E-state index in [0.717, 1.165) is 47.7 Å². The van der Waals surface area contributed by atoms with Crippen molar-refractivity contribution in [3.05, 3.63) is 59.7 Å². The Morgan fingerprint density at radius 1 is 0.774 bits per heavy atom. The lowest BCUT2D eigenvalue weighted by Gasteiger charge is -2.67. The molecule has 0 radical (unpaired) electrons. The lowest BCUT2D eigenvalue weighted by molar-refractivity contribution is -0.386. The van der Waals surface area contributed by atoms with Crippen LogP contribution < -0.4 is 0 Å². The summed E-state index contributed by atoms with van der Waals surface area (Å²) in [6, 6.07) is 5.67. The number of aromatic nitrogens is 2. The van der Waals surface area contributed by atoms with Crippen molar-refractivity contribution < 1.29 is 86.1 Å². The number of ether oxygens (including phenoxy) is 9. The summed E-state index contributed by atoms with van der Waals surface area (Å²) in [6.45, 7) is 8.55. The highest BCUT2D eigenvalue weighted by molar-refractivity contribution is 5.91. The zero-order valence-electron chi connectivity index (χ0n) is 35.4. The summed E-state index contributed by atoms with van der Waals surface area (Å²) >= 11 is 0. The molecule has 334 valence electrons. The maximum atomic E-state index is 14.5. The average molecular weight is 869 g/mol. The standard InChI is InChI=1S/C42H48N2O18/c1-19-20(2)36(50)61-33-31(56-22(4)46)35(59-25(7)49)41(18-54-21(3)45)34(58-24(6)48)30(60-37(51)26-12-10-14-43-16-26)28-32(57-23(5)47)42(41,40(33,9)53)62-39(28,8)17-55-38(52)27-13-11-15-44-29(19)27/h10-16,19-20,28,30-35,53H,17-18H2,1-9H3. The number of rotatable bonds is 8.